The predicted octanol–water partition coefficient (Wildman–Crippen LogP) is -3.84. The Kier molecular flexibility index (Phi) is 27.9. The van der Waals surface area contributed by atoms with Gasteiger partial charge in [-0.2, -0.15) is 0 Å². The van der Waals surface area contributed by atoms with Crippen molar-refractivity contribution in [1.29, 1.82) is 0 Å². The number of aromatic nitrogens is 1. The van der Waals surface area contributed by atoms with Crippen molar-refractivity contribution in [1.82, 2.24) is 52.8 Å². The number of guanidine groups is 1. The van der Waals surface area contributed by atoms with Gasteiger partial charge in [0.25, 0.3) is 0 Å². The van der Waals surface area contributed by atoms with E-state index in [1.807, 2.05) is 0 Å². The molecular weight excluding hydrogens is 1160 g/mol. The third-order valence-corrected chi connectivity index (χ3v) is 13.8. The third-order valence-electron chi connectivity index (χ3n) is 13.8. The number of phenols is 1. The van der Waals surface area contributed by atoms with Crippen LogP contribution in [0.2, 0.25) is 0 Å². The minimum Gasteiger partial charge on any atom is -0.508 e. The fourth-order valence-corrected chi connectivity index (χ4v) is 8.89. The van der Waals surface area contributed by atoms with Crippen molar-refractivity contribution in [2.75, 3.05) is 13.2 Å². The van der Waals surface area contributed by atoms with Gasteiger partial charge in [0, 0.05) is 42.9 Å². The Bertz CT molecular complexity index is 3170. The van der Waals surface area contributed by atoms with Gasteiger partial charge in [0.15, 0.2) is 5.96 Å². The van der Waals surface area contributed by atoms with E-state index in [0.29, 0.717) is 22.0 Å². The van der Waals surface area contributed by atoms with E-state index in [2.05, 4.69) is 57.8 Å². The van der Waals surface area contributed by atoms with Crippen LogP contribution >= 0.6 is 0 Å². The summed E-state index contributed by atoms with van der Waals surface area (Å²) in [5.41, 5.74) is 24.4. The molecule has 0 spiro atoms. The summed E-state index contributed by atoms with van der Waals surface area (Å²) >= 11 is 0. The highest BCUT2D eigenvalue weighted by atomic mass is 16.4. The molecule has 0 unspecified atom stereocenters. The summed E-state index contributed by atoms with van der Waals surface area (Å²) in [5, 5.41) is 61.9. The second kappa shape index (κ2) is 34.8. The van der Waals surface area contributed by atoms with E-state index in [4.69, 9.17) is 22.9 Å². The van der Waals surface area contributed by atoms with Crippen molar-refractivity contribution in [3.05, 3.63) is 102 Å². The number of aliphatic imine (C=N–C) groups is 1. The standard InChI is InChI=1S/C58H79N15O16/c1-29(2)47(73-55(86)44(28-74)72-50(81)37(59)23-32-11-6-5-7-12-32)56(87)71-41(24-33-16-18-35(75)19-17-33)53(84)70-42(25-34-27-64-38-14-9-8-13-36(34)38)52(83)66-30(3)48(79)67-39(20-21-45(60)76)51(82)65-31(4)49(80)69-43(26-46(77)78)54(85)68-40(57(88)89)15-10-22-63-58(61)62/h5-9,11-14,16-19,27,29-31,37,39-44,47,64,74-75H,10,15,20-26,28,59H2,1-4H3,(H2,60,76)(H,65,82)(H,66,83)(H,67,79)(H,68,85)(H,69,80)(H,70,84)(H,71,87)(H,72,81)(H,73,86)(H,77,78)(H,88,89)(H4,61,62,63)/t30-,31-,37+,39-,40-,41-,42-,43-,44+,47-/m0/s1. The molecular formula is C58H79N15O16. The van der Waals surface area contributed by atoms with Crippen LogP contribution in [0.3, 0.4) is 0 Å². The van der Waals surface area contributed by atoms with Gasteiger partial charge in [-0.15, -0.1) is 0 Å². The van der Waals surface area contributed by atoms with E-state index in [1.165, 1.54) is 31.2 Å². The van der Waals surface area contributed by atoms with Crippen LogP contribution in [0.5, 0.6) is 5.75 Å². The van der Waals surface area contributed by atoms with E-state index < -0.39 is 163 Å². The van der Waals surface area contributed by atoms with Crippen LogP contribution in [-0.4, -0.2) is 176 Å². The van der Waals surface area contributed by atoms with Gasteiger partial charge in [0.05, 0.1) is 19.1 Å². The number of hydrogen-bond donors (Lipinski definition) is 18. The number of phenolic OH excluding ortho intramolecular Hbond substituents is 1. The molecule has 1 heterocycles. The molecule has 3 aromatic carbocycles. The second-order valence-electron chi connectivity index (χ2n) is 21.4. The minimum atomic E-state index is -1.86. The van der Waals surface area contributed by atoms with Crippen LogP contribution in [-0.2, 0) is 76.8 Å². The van der Waals surface area contributed by atoms with Crippen molar-refractivity contribution in [3.8, 4) is 5.75 Å². The van der Waals surface area contributed by atoms with Crippen LogP contribution in [0, 0.1) is 5.92 Å². The monoisotopic (exact) mass is 1240 g/mol. The molecule has 1 aromatic heterocycles. The lowest BCUT2D eigenvalue weighted by molar-refractivity contribution is -0.144. The molecule has 0 radical (unpaired) electrons. The summed E-state index contributed by atoms with van der Waals surface area (Å²) in [6.45, 7) is 4.66. The number of carboxylic acids is 2. The predicted molar refractivity (Wildman–Crippen MR) is 321 cm³/mol. The summed E-state index contributed by atoms with van der Waals surface area (Å²) in [6.07, 6.45) is -0.853. The number of primary amides is 1. The van der Waals surface area contributed by atoms with Gasteiger partial charge in [0.2, 0.25) is 59.1 Å². The lowest BCUT2D eigenvalue weighted by Crippen LogP contribution is -2.61. The Morgan fingerprint density at radius 3 is 1.62 bits per heavy atom. The Labute approximate surface area is 511 Å². The molecule has 4 rings (SSSR count). The number of H-pyrrole nitrogens is 1. The molecule has 0 fully saturated rings. The number of aliphatic hydroxyl groups excluding tert-OH is 1. The largest absolute Gasteiger partial charge is 0.508 e. The number of para-hydroxylation sites is 1. The van der Waals surface area contributed by atoms with E-state index in [9.17, 15) is 78.0 Å². The molecule has 0 aliphatic heterocycles. The number of nitrogens with zero attached hydrogens (tertiary/aromatic N) is 1. The van der Waals surface area contributed by atoms with Crippen LogP contribution < -0.4 is 70.8 Å². The third kappa shape index (κ3) is 23.6. The van der Waals surface area contributed by atoms with Gasteiger partial charge < -0.3 is 96.2 Å². The number of nitrogens with one attached hydrogen (secondary N) is 10. The number of aliphatic hydroxyl groups is 1. The van der Waals surface area contributed by atoms with E-state index in [-0.39, 0.29) is 50.4 Å². The molecule has 10 amide bonds. The number of hydrogen-bond acceptors (Lipinski definition) is 16. The number of nitrogens with two attached hydrogens (primary N) is 4. The molecule has 22 N–H and O–H groups in total. The van der Waals surface area contributed by atoms with Gasteiger partial charge >= 0.3 is 11.9 Å². The zero-order valence-corrected chi connectivity index (χ0v) is 49.4. The van der Waals surface area contributed by atoms with Crippen molar-refractivity contribution in [2.45, 2.75) is 139 Å². The number of aliphatic carboxylic acids is 2. The maximum absolute atomic E-state index is 14.7. The number of carboxylic acid groups (broad SMARTS) is 2. The number of amides is 10. The van der Waals surface area contributed by atoms with Crippen molar-refractivity contribution < 1.29 is 78.0 Å². The first-order valence-electron chi connectivity index (χ1n) is 28.3. The van der Waals surface area contributed by atoms with Gasteiger partial charge in [-0.3, -0.25) is 57.7 Å². The molecule has 0 aliphatic carbocycles. The highest BCUT2D eigenvalue weighted by Crippen LogP contribution is 2.20. The van der Waals surface area contributed by atoms with E-state index in [0.717, 1.165) is 12.5 Å². The lowest BCUT2D eigenvalue weighted by Gasteiger charge is -2.28. The Hall–Kier alpha value is -10.2. The molecule has 10 atom stereocenters. The lowest BCUT2D eigenvalue weighted by atomic mass is 9.99. The molecule has 31 nitrogen and oxygen atoms in total. The molecule has 89 heavy (non-hydrogen) atoms. The zero-order valence-electron chi connectivity index (χ0n) is 49.4. The molecule has 4 aromatic rings. The normalized spacial score (nSPS) is 14.4. The summed E-state index contributed by atoms with van der Waals surface area (Å²) < 4.78 is 0. The Morgan fingerprint density at radius 1 is 0.528 bits per heavy atom. The molecule has 0 aliphatic rings. The topological polar surface area (TPSA) is 526 Å². The fraction of sp³-hybridized carbons (Fsp3) is 0.431. The number of rotatable bonds is 36. The highest BCUT2D eigenvalue weighted by Gasteiger charge is 2.36. The smallest absolute Gasteiger partial charge is 0.326 e. The fourth-order valence-electron chi connectivity index (χ4n) is 8.89. The summed E-state index contributed by atoms with van der Waals surface area (Å²) in [4.78, 5) is 167. The number of carbonyl (C=O) groups excluding carboxylic acids is 10. The first-order chi connectivity index (χ1) is 42.1. The first kappa shape index (κ1) is 71.3. The van der Waals surface area contributed by atoms with Gasteiger partial charge in [-0.1, -0.05) is 74.5 Å². The van der Waals surface area contributed by atoms with Crippen LogP contribution in [0.25, 0.3) is 10.9 Å². The zero-order chi connectivity index (χ0) is 66.1. The van der Waals surface area contributed by atoms with Crippen LogP contribution in [0.1, 0.15) is 76.5 Å². The molecule has 0 bridgehead atoms. The average molecular weight is 1240 g/mol. The van der Waals surface area contributed by atoms with Gasteiger partial charge in [-0.05, 0) is 80.3 Å². The van der Waals surface area contributed by atoms with E-state index in [1.54, 1.807) is 74.6 Å². The summed E-state index contributed by atoms with van der Waals surface area (Å²) in [7, 11) is 0. The summed E-state index contributed by atoms with van der Waals surface area (Å²) in [6, 6.07) is 6.19. The molecule has 0 saturated heterocycles. The quantitative estimate of drug-likeness (QED) is 0.0118. The van der Waals surface area contributed by atoms with Gasteiger partial charge in [-0.25, -0.2) is 4.79 Å². The number of aromatic amines is 1. The highest BCUT2D eigenvalue weighted by molar-refractivity contribution is 5.99. The number of fused-ring (bicyclic) bond motifs is 1. The molecule has 482 valence electrons. The van der Waals surface area contributed by atoms with Crippen molar-refractivity contribution >= 4 is 87.9 Å². The van der Waals surface area contributed by atoms with Crippen molar-refractivity contribution in [3.63, 3.8) is 0 Å². The van der Waals surface area contributed by atoms with Crippen molar-refractivity contribution in [2.24, 2.45) is 33.8 Å². The number of aromatic hydroxyl groups is 1. The second-order valence-corrected chi connectivity index (χ2v) is 21.4. The van der Waals surface area contributed by atoms with Crippen LogP contribution in [0.15, 0.2) is 90.1 Å². The molecule has 31 heteroatoms. The number of benzene rings is 3. The Morgan fingerprint density at radius 2 is 1.03 bits per heavy atom. The molecule has 0 saturated carbocycles. The maximum atomic E-state index is 14.7. The minimum absolute atomic E-state index is 0.00520. The average Bonchev–Trinajstić information content (AvgIpc) is 3.66. The maximum Gasteiger partial charge on any atom is 0.326 e. The summed E-state index contributed by atoms with van der Waals surface area (Å²) in [5.74, 6) is -14.0. The number of carbonyl (C=O) groups is 12. The first-order valence-corrected chi connectivity index (χ1v) is 28.3. The Balaban J connectivity index is 1.55. The van der Waals surface area contributed by atoms with Gasteiger partial charge in [0.1, 0.15) is 60.1 Å². The van der Waals surface area contributed by atoms with E-state index >= 15 is 0 Å². The SMILES string of the molecule is CC(C)[C@H](NC(=O)[C@@H](CO)NC(=O)[C@H](N)Cc1ccccc1)C(=O)N[C@@H](Cc1ccc(O)cc1)C(=O)N[C@@H](Cc1c[nH]c2ccccc12)C(=O)N[C@@H](C)C(=O)N[C@@H](CCC(N)=O)C(=O)N[C@@H](C)C(=O)N[C@@H](CC(=O)O)C(=O)N[C@@H](CCCN=C(N)N)C(=O)O. The van der Waals surface area contributed by atoms with Crippen LogP contribution in [0.4, 0.5) is 0 Å².